The van der Waals surface area contributed by atoms with E-state index in [1.807, 2.05) is 0 Å². The van der Waals surface area contributed by atoms with Gasteiger partial charge in [0, 0.05) is 0 Å². The zero-order valence-electron chi connectivity index (χ0n) is 8.46. The zero-order valence-corrected chi connectivity index (χ0v) is 9.22. The first-order valence-corrected chi connectivity index (χ1v) is 4.98. The maximum absolute atomic E-state index is 10.8. The van der Waals surface area contributed by atoms with Crippen molar-refractivity contribution in [3.63, 3.8) is 0 Å². The van der Waals surface area contributed by atoms with Crippen molar-refractivity contribution < 1.29 is 9.45 Å². The summed E-state index contributed by atoms with van der Waals surface area (Å²) in [7, 11) is 0. The molecule has 0 radical (unpaired) electrons. The van der Waals surface area contributed by atoms with E-state index in [4.69, 9.17) is 11.6 Å². The molecule has 1 aromatic heterocycles. The molecule has 0 aliphatic heterocycles. The molecule has 0 bridgehead atoms. The van der Waals surface area contributed by atoms with Crippen LogP contribution in [-0.4, -0.2) is 15.1 Å². The van der Waals surface area contributed by atoms with Gasteiger partial charge in [-0.25, -0.2) is 0 Å². The van der Waals surface area contributed by atoms with E-state index in [2.05, 4.69) is 20.0 Å². The fourth-order valence-electron chi connectivity index (χ4n) is 1.29. The second-order valence-corrected chi connectivity index (χ2v) is 3.50. The highest BCUT2D eigenvalue weighted by Crippen LogP contribution is 2.32. The standard InChI is InChI=1S/C9H7ClN4O3/c10-6-2-1-3-7(9(6)14(15)16)11-4-8-12-5-17-13-8/h1-3,5,11H,4H2. The molecule has 0 saturated heterocycles. The number of rotatable bonds is 4. The second kappa shape index (κ2) is 4.79. The van der Waals surface area contributed by atoms with Crippen LogP contribution < -0.4 is 5.32 Å². The Hall–Kier alpha value is -2.15. The minimum absolute atomic E-state index is 0.0770. The summed E-state index contributed by atoms with van der Waals surface area (Å²) < 4.78 is 4.54. The summed E-state index contributed by atoms with van der Waals surface area (Å²) >= 11 is 5.75. The monoisotopic (exact) mass is 254 g/mol. The molecule has 0 fully saturated rings. The number of halogens is 1. The first-order valence-electron chi connectivity index (χ1n) is 4.60. The fraction of sp³-hybridized carbons (Fsp3) is 0.111. The number of hydrogen-bond donors (Lipinski definition) is 1. The SMILES string of the molecule is O=[N+]([O-])c1c(Cl)cccc1NCc1ncon1. The predicted molar refractivity (Wildman–Crippen MR) is 59.7 cm³/mol. The molecule has 0 spiro atoms. The number of aromatic nitrogens is 2. The van der Waals surface area contributed by atoms with Crippen molar-refractivity contribution in [2.45, 2.75) is 6.54 Å². The number of nitrogens with zero attached hydrogens (tertiary/aromatic N) is 3. The van der Waals surface area contributed by atoms with Gasteiger partial charge in [0.2, 0.25) is 6.39 Å². The number of anilines is 1. The van der Waals surface area contributed by atoms with Crippen LogP contribution in [0.2, 0.25) is 5.02 Å². The quantitative estimate of drug-likeness (QED) is 0.664. The fourth-order valence-corrected chi connectivity index (χ4v) is 1.53. The maximum Gasteiger partial charge on any atom is 0.310 e. The number of nitro benzene ring substituents is 1. The van der Waals surface area contributed by atoms with E-state index in [-0.39, 0.29) is 17.3 Å². The third kappa shape index (κ3) is 2.51. The molecule has 8 heteroatoms. The molecule has 1 heterocycles. The zero-order chi connectivity index (χ0) is 12.3. The molecular weight excluding hydrogens is 248 g/mol. The Morgan fingerprint density at radius 3 is 3.00 bits per heavy atom. The van der Waals surface area contributed by atoms with E-state index < -0.39 is 4.92 Å². The molecule has 1 N–H and O–H groups in total. The van der Waals surface area contributed by atoms with Crippen molar-refractivity contribution in [3.8, 4) is 0 Å². The van der Waals surface area contributed by atoms with E-state index in [9.17, 15) is 10.1 Å². The van der Waals surface area contributed by atoms with Crippen LogP contribution in [0.25, 0.3) is 0 Å². The summed E-state index contributed by atoms with van der Waals surface area (Å²) in [6, 6.07) is 4.64. The lowest BCUT2D eigenvalue weighted by atomic mass is 10.2. The molecule has 88 valence electrons. The van der Waals surface area contributed by atoms with Crippen molar-refractivity contribution in [3.05, 3.63) is 45.6 Å². The summed E-state index contributed by atoms with van der Waals surface area (Å²) in [6.07, 6.45) is 1.18. The van der Waals surface area contributed by atoms with E-state index in [0.717, 1.165) is 0 Å². The first-order chi connectivity index (χ1) is 8.18. The summed E-state index contributed by atoms with van der Waals surface area (Å²) in [5, 5.41) is 17.3. The van der Waals surface area contributed by atoms with Crippen molar-refractivity contribution in [1.29, 1.82) is 0 Å². The average molecular weight is 255 g/mol. The van der Waals surface area contributed by atoms with Crippen LogP contribution in [0.3, 0.4) is 0 Å². The smallest absolute Gasteiger partial charge is 0.310 e. The third-order valence-electron chi connectivity index (χ3n) is 2.01. The first kappa shape index (κ1) is 11.3. The number of nitro groups is 1. The van der Waals surface area contributed by atoms with Crippen molar-refractivity contribution in [1.82, 2.24) is 10.1 Å². The van der Waals surface area contributed by atoms with Crippen LogP contribution in [0.4, 0.5) is 11.4 Å². The molecule has 0 amide bonds. The number of hydrogen-bond acceptors (Lipinski definition) is 6. The van der Waals surface area contributed by atoms with Gasteiger partial charge in [0.1, 0.15) is 10.7 Å². The molecule has 7 nitrogen and oxygen atoms in total. The van der Waals surface area contributed by atoms with Crippen molar-refractivity contribution in [2.24, 2.45) is 0 Å². The molecule has 0 aliphatic rings. The van der Waals surface area contributed by atoms with Crippen molar-refractivity contribution >= 4 is 23.0 Å². The molecule has 0 saturated carbocycles. The van der Waals surface area contributed by atoms with Crippen molar-refractivity contribution in [2.75, 3.05) is 5.32 Å². The molecular formula is C9H7ClN4O3. The molecule has 1 aromatic carbocycles. The lowest BCUT2D eigenvalue weighted by Gasteiger charge is -2.05. The van der Waals surface area contributed by atoms with Crippen LogP contribution >= 0.6 is 11.6 Å². The van der Waals surface area contributed by atoms with Gasteiger partial charge < -0.3 is 9.84 Å². The highest BCUT2D eigenvalue weighted by molar-refractivity contribution is 6.33. The lowest BCUT2D eigenvalue weighted by molar-refractivity contribution is -0.383. The minimum atomic E-state index is -0.541. The van der Waals surface area contributed by atoms with Crippen LogP contribution in [0.15, 0.2) is 29.1 Å². The van der Waals surface area contributed by atoms with Gasteiger partial charge in [-0.3, -0.25) is 10.1 Å². The van der Waals surface area contributed by atoms with Crippen LogP contribution in [-0.2, 0) is 6.54 Å². The predicted octanol–water partition coefficient (Wildman–Crippen LogP) is 2.24. The highest BCUT2D eigenvalue weighted by atomic mass is 35.5. The van der Waals surface area contributed by atoms with E-state index in [0.29, 0.717) is 11.5 Å². The van der Waals surface area contributed by atoms with E-state index >= 15 is 0 Å². The van der Waals surface area contributed by atoms with Crippen LogP contribution in [0.1, 0.15) is 5.82 Å². The third-order valence-corrected chi connectivity index (χ3v) is 2.32. The minimum Gasteiger partial charge on any atom is -0.372 e. The van der Waals surface area contributed by atoms with Gasteiger partial charge in [0.25, 0.3) is 0 Å². The number of nitrogens with one attached hydrogen (secondary N) is 1. The Labute approximate surface area is 101 Å². The maximum atomic E-state index is 10.8. The van der Waals surface area contributed by atoms with Gasteiger partial charge >= 0.3 is 5.69 Å². The molecule has 0 atom stereocenters. The van der Waals surface area contributed by atoms with Gasteiger partial charge in [-0.05, 0) is 12.1 Å². The normalized spacial score (nSPS) is 10.2. The van der Waals surface area contributed by atoms with Gasteiger partial charge in [-0.15, -0.1) is 0 Å². The summed E-state index contributed by atoms with van der Waals surface area (Å²) in [5.74, 6) is 0.402. The molecule has 0 aliphatic carbocycles. The topological polar surface area (TPSA) is 94.1 Å². The van der Waals surface area contributed by atoms with E-state index in [1.165, 1.54) is 12.5 Å². The van der Waals surface area contributed by atoms with Gasteiger partial charge in [-0.2, -0.15) is 4.98 Å². The summed E-state index contributed by atoms with van der Waals surface area (Å²) in [4.78, 5) is 14.1. The van der Waals surface area contributed by atoms with Crippen LogP contribution in [0, 0.1) is 10.1 Å². The number of benzene rings is 1. The molecule has 0 unspecified atom stereocenters. The van der Waals surface area contributed by atoms with Gasteiger partial charge in [-0.1, -0.05) is 22.8 Å². The second-order valence-electron chi connectivity index (χ2n) is 3.09. The van der Waals surface area contributed by atoms with E-state index in [1.54, 1.807) is 12.1 Å². The number of para-hydroxylation sites is 1. The largest absolute Gasteiger partial charge is 0.372 e. The van der Waals surface area contributed by atoms with Gasteiger partial charge in [0.15, 0.2) is 5.82 Å². The summed E-state index contributed by atoms with van der Waals surface area (Å²) in [6.45, 7) is 0.220. The highest BCUT2D eigenvalue weighted by Gasteiger charge is 2.18. The Bertz CT molecular complexity index is 529. The molecule has 2 rings (SSSR count). The Balaban J connectivity index is 2.21. The molecule has 2 aromatic rings. The Kier molecular flexibility index (Phi) is 3.20. The Morgan fingerprint density at radius 1 is 1.53 bits per heavy atom. The average Bonchev–Trinajstić information content (AvgIpc) is 2.78. The lowest BCUT2D eigenvalue weighted by Crippen LogP contribution is -2.04. The van der Waals surface area contributed by atoms with Crippen LogP contribution in [0.5, 0.6) is 0 Å². The van der Waals surface area contributed by atoms with Gasteiger partial charge in [0.05, 0.1) is 11.5 Å². The summed E-state index contributed by atoms with van der Waals surface area (Å²) in [5.41, 5.74) is 0.143. The molecule has 17 heavy (non-hydrogen) atoms. The Morgan fingerprint density at radius 2 is 2.35 bits per heavy atom.